The zero-order chi connectivity index (χ0) is 21.6. The Morgan fingerprint density at radius 3 is 2.71 bits per heavy atom. The first kappa shape index (κ1) is 21.0. The van der Waals surface area contributed by atoms with Crippen molar-refractivity contribution in [2.75, 3.05) is 39.8 Å². The molecule has 0 aliphatic carbocycles. The monoisotopic (exact) mass is 423 g/mol. The van der Waals surface area contributed by atoms with Crippen molar-refractivity contribution in [3.05, 3.63) is 48.0 Å². The first-order valence-corrected chi connectivity index (χ1v) is 10.5. The predicted molar refractivity (Wildman–Crippen MR) is 122 cm³/mol. The standard InChI is InChI=1S/C22H29N7O2/c1-30-16-8-9-19-17(15-16)22(25-18-5-2-3-6-20(18)31-19)29-13-11-28(12-14-29)10-4-7-21(26-23)27-24/h2-3,5-6,8-9,15H,4,7,10-14,23-24H2,1H3,(H,26,27). The molecule has 0 radical (unpaired) electrons. The van der Waals surface area contributed by atoms with Crippen LogP contribution in [-0.4, -0.2) is 61.3 Å². The van der Waals surface area contributed by atoms with Crippen molar-refractivity contribution in [1.82, 2.24) is 15.2 Å². The SMILES string of the molecule is COc1ccc2c(c1)C(N1CCN(CCC/C(=N/N)NN)CC1)=Nc1ccccc1O2. The van der Waals surface area contributed by atoms with Gasteiger partial charge in [-0.1, -0.05) is 12.1 Å². The zero-order valence-electron chi connectivity index (χ0n) is 17.8. The van der Waals surface area contributed by atoms with Crippen LogP contribution in [0.2, 0.25) is 0 Å². The van der Waals surface area contributed by atoms with Crippen LogP contribution >= 0.6 is 0 Å². The molecule has 1 fully saturated rings. The Labute approximate surface area is 182 Å². The molecule has 0 unspecified atom stereocenters. The number of piperazine rings is 1. The summed E-state index contributed by atoms with van der Waals surface area (Å²) in [7, 11) is 1.67. The Bertz CT molecular complexity index is 968. The molecule has 0 bridgehead atoms. The van der Waals surface area contributed by atoms with Gasteiger partial charge >= 0.3 is 0 Å². The number of fused-ring (bicyclic) bond motifs is 2. The van der Waals surface area contributed by atoms with Crippen LogP contribution in [0.5, 0.6) is 17.2 Å². The average molecular weight is 424 g/mol. The van der Waals surface area contributed by atoms with Gasteiger partial charge < -0.3 is 25.6 Å². The molecule has 0 spiro atoms. The van der Waals surface area contributed by atoms with E-state index < -0.39 is 0 Å². The number of hydrazine groups is 1. The minimum atomic E-state index is 0.621. The maximum absolute atomic E-state index is 6.20. The second kappa shape index (κ2) is 9.67. The maximum Gasteiger partial charge on any atom is 0.153 e. The summed E-state index contributed by atoms with van der Waals surface area (Å²) in [5, 5.41) is 3.64. The summed E-state index contributed by atoms with van der Waals surface area (Å²) in [6, 6.07) is 13.7. The fourth-order valence-corrected chi connectivity index (χ4v) is 3.90. The molecule has 2 aromatic rings. The lowest BCUT2D eigenvalue weighted by Gasteiger charge is -2.36. The number of ether oxygens (including phenoxy) is 2. The lowest BCUT2D eigenvalue weighted by molar-refractivity contribution is 0.181. The quantitative estimate of drug-likeness (QED) is 0.292. The molecule has 4 rings (SSSR count). The minimum Gasteiger partial charge on any atom is -0.497 e. The van der Waals surface area contributed by atoms with Crippen LogP contribution in [0.25, 0.3) is 0 Å². The second-order valence-electron chi connectivity index (χ2n) is 7.52. The van der Waals surface area contributed by atoms with Crippen molar-refractivity contribution in [1.29, 1.82) is 0 Å². The van der Waals surface area contributed by atoms with Gasteiger partial charge in [0.25, 0.3) is 0 Å². The number of methoxy groups -OCH3 is 1. The highest BCUT2D eigenvalue weighted by atomic mass is 16.5. The first-order valence-electron chi connectivity index (χ1n) is 10.5. The summed E-state index contributed by atoms with van der Waals surface area (Å²) in [5.41, 5.74) is 4.31. The molecule has 0 amide bonds. The highest BCUT2D eigenvalue weighted by Gasteiger charge is 2.26. The minimum absolute atomic E-state index is 0.621. The molecule has 2 aliphatic heterocycles. The van der Waals surface area contributed by atoms with Crippen LogP contribution in [-0.2, 0) is 0 Å². The number of hydrazone groups is 1. The van der Waals surface area contributed by atoms with Crippen LogP contribution in [0.3, 0.4) is 0 Å². The van der Waals surface area contributed by atoms with Crippen molar-refractivity contribution in [3.8, 4) is 17.2 Å². The number of nitrogens with one attached hydrogen (secondary N) is 1. The van der Waals surface area contributed by atoms with Crippen LogP contribution in [0, 0.1) is 0 Å². The van der Waals surface area contributed by atoms with Gasteiger partial charge in [-0.25, -0.2) is 10.8 Å². The fourth-order valence-electron chi connectivity index (χ4n) is 3.90. The van der Waals surface area contributed by atoms with Crippen LogP contribution in [0.1, 0.15) is 18.4 Å². The summed E-state index contributed by atoms with van der Waals surface area (Å²) < 4.78 is 11.7. The van der Waals surface area contributed by atoms with E-state index in [1.165, 1.54) is 0 Å². The van der Waals surface area contributed by atoms with E-state index in [-0.39, 0.29) is 0 Å². The lowest BCUT2D eigenvalue weighted by atomic mass is 10.1. The summed E-state index contributed by atoms with van der Waals surface area (Å²) in [6.07, 6.45) is 1.68. The molecule has 31 heavy (non-hydrogen) atoms. The molecule has 0 saturated carbocycles. The Kier molecular flexibility index (Phi) is 6.54. The largest absolute Gasteiger partial charge is 0.497 e. The van der Waals surface area contributed by atoms with E-state index in [4.69, 9.17) is 26.2 Å². The van der Waals surface area contributed by atoms with Gasteiger partial charge in [-0.2, -0.15) is 5.10 Å². The summed E-state index contributed by atoms with van der Waals surface area (Å²) >= 11 is 0. The molecule has 0 atom stereocenters. The van der Waals surface area contributed by atoms with E-state index in [1.54, 1.807) is 7.11 Å². The Balaban J connectivity index is 1.50. The average Bonchev–Trinajstić information content (AvgIpc) is 2.98. The number of hydrogen-bond donors (Lipinski definition) is 3. The van der Waals surface area contributed by atoms with Crippen molar-refractivity contribution in [3.63, 3.8) is 0 Å². The van der Waals surface area contributed by atoms with Gasteiger partial charge in [0.15, 0.2) is 5.75 Å². The van der Waals surface area contributed by atoms with E-state index in [2.05, 4.69) is 20.3 Å². The third-order valence-electron chi connectivity index (χ3n) is 5.62. The van der Waals surface area contributed by atoms with Crippen molar-refractivity contribution in [2.24, 2.45) is 21.8 Å². The van der Waals surface area contributed by atoms with E-state index in [0.717, 1.165) is 79.9 Å². The van der Waals surface area contributed by atoms with E-state index in [9.17, 15) is 0 Å². The first-order chi connectivity index (χ1) is 15.2. The summed E-state index contributed by atoms with van der Waals surface area (Å²) in [4.78, 5) is 9.77. The van der Waals surface area contributed by atoms with Gasteiger partial charge in [-0.15, -0.1) is 0 Å². The molecule has 2 aromatic carbocycles. The molecule has 0 aromatic heterocycles. The van der Waals surface area contributed by atoms with E-state index in [1.807, 2.05) is 42.5 Å². The number of amidine groups is 2. The highest BCUT2D eigenvalue weighted by molar-refractivity contribution is 6.04. The predicted octanol–water partition coefficient (Wildman–Crippen LogP) is 2.01. The molecule has 2 heterocycles. The van der Waals surface area contributed by atoms with Crippen LogP contribution < -0.4 is 26.6 Å². The number of hydrogen-bond acceptors (Lipinski definition) is 8. The number of benzene rings is 2. The zero-order valence-corrected chi connectivity index (χ0v) is 17.8. The van der Waals surface area contributed by atoms with Gasteiger partial charge in [0.2, 0.25) is 0 Å². The lowest BCUT2D eigenvalue weighted by Crippen LogP contribution is -2.49. The third kappa shape index (κ3) is 4.73. The third-order valence-corrected chi connectivity index (χ3v) is 5.62. The molecule has 9 heteroatoms. The highest BCUT2D eigenvalue weighted by Crippen LogP contribution is 2.39. The molecule has 1 saturated heterocycles. The van der Waals surface area contributed by atoms with Gasteiger partial charge in [-0.05, 0) is 43.3 Å². The topological polar surface area (TPSA) is 114 Å². The van der Waals surface area contributed by atoms with Gasteiger partial charge in [0.1, 0.15) is 28.9 Å². The number of aliphatic imine (C=N–C) groups is 1. The molecule has 9 nitrogen and oxygen atoms in total. The van der Waals surface area contributed by atoms with Gasteiger partial charge in [0, 0.05) is 32.6 Å². The molecule has 164 valence electrons. The van der Waals surface area contributed by atoms with Gasteiger partial charge in [-0.3, -0.25) is 4.90 Å². The van der Waals surface area contributed by atoms with Crippen molar-refractivity contribution >= 4 is 17.4 Å². The fraction of sp³-hybridized carbons (Fsp3) is 0.364. The number of nitrogens with zero attached hydrogens (tertiary/aromatic N) is 4. The Morgan fingerprint density at radius 2 is 1.97 bits per heavy atom. The summed E-state index contributed by atoms with van der Waals surface area (Å²) in [5.74, 6) is 14.6. The maximum atomic E-state index is 6.20. The molecular formula is C22H29N7O2. The van der Waals surface area contributed by atoms with Crippen LogP contribution in [0.15, 0.2) is 52.6 Å². The smallest absolute Gasteiger partial charge is 0.153 e. The molecule has 5 N–H and O–H groups in total. The van der Waals surface area contributed by atoms with E-state index in [0.29, 0.717) is 5.84 Å². The van der Waals surface area contributed by atoms with E-state index >= 15 is 0 Å². The Hall–Kier alpha value is -3.30. The normalized spacial score (nSPS) is 16.5. The van der Waals surface area contributed by atoms with Gasteiger partial charge in [0.05, 0.1) is 12.7 Å². The number of rotatable bonds is 5. The van der Waals surface area contributed by atoms with Crippen molar-refractivity contribution in [2.45, 2.75) is 12.8 Å². The van der Waals surface area contributed by atoms with Crippen molar-refractivity contribution < 1.29 is 9.47 Å². The van der Waals surface area contributed by atoms with Crippen LogP contribution in [0.4, 0.5) is 5.69 Å². The Morgan fingerprint density at radius 1 is 1.16 bits per heavy atom. The molecule has 2 aliphatic rings. The number of nitrogens with two attached hydrogens (primary N) is 2. The second-order valence-corrected chi connectivity index (χ2v) is 7.52. The summed E-state index contributed by atoms with van der Waals surface area (Å²) in [6.45, 7) is 4.63. The molecular weight excluding hydrogens is 394 g/mol. The number of para-hydroxylation sites is 2.